The Hall–Kier alpha value is -1.61. The Morgan fingerprint density at radius 3 is 2.86 bits per heavy atom. The predicted octanol–water partition coefficient (Wildman–Crippen LogP) is 2.64. The first kappa shape index (κ1) is 15.3. The summed E-state index contributed by atoms with van der Waals surface area (Å²) in [5.74, 6) is -0.266. The van der Waals surface area contributed by atoms with Gasteiger partial charge in [0.05, 0.1) is 12.2 Å². The fourth-order valence-electron chi connectivity index (χ4n) is 2.07. The zero-order chi connectivity index (χ0) is 15.6. The zero-order valence-electron chi connectivity index (χ0n) is 11.6. The van der Waals surface area contributed by atoms with Crippen molar-refractivity contribution in [1.29, 1.82) is 0 Å². The van der Waals surface area contributed by atoms with Crippen LogP contribution in [0.25, 0.3) is 0 Å². The summed E-state index contributed by atoms with van der Waals surface area (Å²) >= 11 is 4.03. The molecule has 1 atom stereocenters. The predicted molar refractivity (Wildman–Crippen MR) is 88.6 cm³/mol. The van der Waals surface area contributed by atoms with Gasteiger partial charge in [-0.05, 0) is 46.7 Å². The first-order chi connectivity index (χ1) is 10.6. The molecule has 0 aliphatic rings. The summed E-state index contributed by atoms with van der Waals surface area (Å²) < 4.78 is 3.76. The minimum Gasteiger partial charge on any atom is -0.378 e. The van der Waals surface area contributed by atoms with E-state index in [9.17, 15) is 9.90 Å². The van der Waals surface area contributed by atoms with Gasteiger partial charge in [0, 0.05) is 10.4 Å². The number of aryl methyl sites for hydroxylation is 1. The van der Waals surface area contributed by atoms with Crippen molar-refractivity contribution < 1.29 is 9.90 Å². The Labute approximate surface area is 139 Å². The number of hydrogen-bond donors (Lipinski definition) is 2. The minimum atomic E-state index is -1.23. The van der Waals surface area contributed by atoms with Gasteiger partial charge in [-0.25, -0.2) is 0 Å². The molecule has 1 amide bonds. The molecule has 3 heterocycles. The lowest BCUT2D eigenvalue weighted by molar-refractivity contribution is 0.0722. The number of carbonyl (C=O) groups is 1. The number of aromatic nitrogens is 2. The fourth-order valence-corrected chi connectivity index (χ4v) is 4.22. The molecule has 0 saturated heterocycles. The first-order valence-corrected chi connectivity index (χ1v) is 9.07. The van der Waals surface area contributed by atoms with Gasteiger partial charge in [-0.2, -0.15) is 11.3 Å². The normalized spacial score (nSPS) is 13.7. The summed E-state index contributed by atoms with van der Waals surface area (Å²) in [7, 11) is 0. The van der Waals surface area contributed by atoms with E-state index in [0.717, 1.165) is 22.0 Å². The third-order valence-corrected chi connectivity index (χ3v) is 5.82. The van der Waals surface area contributed by atoms with Crippen molar-refractivity contribution in [3.8, 4) is 0 Å². The molecule has 0 aliphatic carbocycles. The van der Waals surface area contributed by atoms with Crippen LogP contribution in [0, 0.1) is 6.92 Å². The Morgan fingerprint density at radius 2 is 2.27 bits per heavy atom. The molecule has 0 fully saturated rings. The van der Waals surface area contributed by atoms with Crippen LogP contribution in [0.5, 0.6) is 0 Å². The molecule has 22 heavy (non-hydrogen) atoms. The van der Waals surface area contributed by atoms with E-state index in [-0.39, 0.29) is 12.5 Å². The van der Waals surface area contributed by atoms with E-state index in [1.807, 2.05) is 34.3 Å². The first-order valence-electron chi connectivity index (χ1n) is 6.47. The highest BCUT2D eigenvalue weighted by atomic mass is 32.1. The number of nitrogens with zero attached hydrogens (tertiary/aromatic N) is 2. The molecule has 0 radical (unpaired) electrons. The van der Waals surface area contributed by atoms with E-state index in [1.54, 1.807) is 6.92 Å². The van der Waals surface area contributed by atoms with Gasteiger partial charge in [-0.1, -0.05) is 10.6 Å². The molecule has 3 aromatic rings. The maximum atomic E-state index is 12.2. The lowest BCUT2D eigenvalue weighted by Gasteiger charge is -2.26. The molecular formula is C14H13N3O2S3. The fraction of sp³-hybridized carbons (Fsp3) is 0.214. The van der Waals surface area contributed by atoms with Crippen LogP contribution in [0.4, 0.5) is 0 Å². The maximum absolute atomic E-state index is 12.2. The standard InChI is InChI=1S/C14H13N3O2S3/c1-9-12(22-17-16-9)13(18)15-8-14(19,10-4-6-20-7-10)11-3-2-5-21-11/h2-7,19H,8H2,1H3,(H,15,18)/t14-/m1/s1. The highest BCUT2D eigenvalue weighted by molar-refractivity contribution is 7.10. The lowest BCUT2D eigenvalue weighted by Crippen LogP contribution is -2.40. The molecule has 8 heteroatoms. The number of carbonyl (C=O) groups excluding carboxylic acids is 1. The topological polar surface area (TPSA) is 75.1 Å². The highest BCUT2D eigenvalue weighted by Gasteiger charge is 2.34. The van der Waals surface area contributed by atoms with Crippen LogP contribution in [0.3, 0.4) is 0 Å². The number of hydrogen-bond acceptors (Lipinski definition) is 7. The minimum absolute atomic E-state index is 0.0976. The van der Waals surface area contributed by atoms with E-state index >= 15 is 0 Å². The maximum Gasteiger partial charge on any atom is 0.265 e. The summed E-state index contributed by atoms with van der Waals surface area (Å²) in [5, 5.41) is 23.5. The Balaban J connectivity index is 1.83. The van der Waals surface area contributed by atoms with Crippen LogP contribution >= 0.6 is 34.2 Å². The van der Waals surface area contributed by atoms with Gasteiger partial charge < -0.3 is 10.4 Å². The summed E-state index contributed by atoms with van der Waals surface area (Å²) in [6.07, 6.45) is 0. The highest BCUT2D eigenvalue weighted by Crippen LogP contribution is 2.33. The van der Waals surface area contributed by atoms with Crippen molar-refractivity contribution in [2.75, 3.05) is 6.54 Å². The molecule has 3 rings (SSSR count). The number of rotatable bonds is 5. The summed E-state index contributed by atoms with van der Waals surface area (Å²) in [6, 6.07) is 5.63. The quantitative estimate of drug-likeness (QED) is 0.741. The third kappa shape index (κ3) is 2.82. The summed E-state index contributed by atoms with van der Waals surface area (Å²) in [5.41, 5.74) is 0.146. The zero-order valence-corrected chi connectivity index (χ0v) is 14.1. The van der Waals surface area contributed by atoms with Crippen molar-refractivity contribution in [3.05, 3.63) is 55.4 Å². The van der Waals surface area contributed by atoms with Crippen LogP contribution in [0.2, 0.25) is 0 Å². The number of aliphatic hydroxyl groups is 1. The van der Waals surface area contributed by atoms with E-state index in [0.29, 0.717) is 10.6 Å². The van der Waals surface area contributed by atoms with Crippen LogP contribution < -0.4 is 5.32 Å². The van der Waals surface area contributed by atoms with Gasteiger partial charge in [-0.3, -0.25) is 4.79 Å². The molecule has 0 aliphatic heterocycles. The number of amides is 1. The SMILES string of the molecule is Cc1nnsc1C(=O)NC[C@@](O)(c1ccsc1)c1cccs1. The second kappa shape index (κ2) is 6.25. The van der Waals surface area contributed by atoms with Crippen molar-refractivity contribution in [2.45, 2.75) is 12.5 Å². The van der Waals surface area contributed by atoms with Crippen molar-refractivity contribution in [2.24, 2.45) is 0 Å². The molecule has 0 spiro atoms. The summed E-state index contributed by atoms with van der Waals surface area (Å²) in [6.45, 7) is 1.84. The average Bonchev–Trinajstić information content (AvgIpc) is 3.24. The second-order valence-electron chi connectivity index (χ2n) is 4.72. The molecule has 114 valence electrons. The van der Waals surface area contributed by atoms with E-state index < -0.39 is 5.60 Å². The monoisotopic (exact) mass is 351 g/mol. The van der Waals surface area contributed by atoms with E-state index in [1.165, 1.54) is 22.7 Å². The molecular weight excluding hydrogens is 338 g/mol. The third-order valence-electron chi connectivity index (χ3n) is 3.29. The number of thiophene rings is 2. The number of nitrogens with one attached hydrogen (secondary N) is 1. The van der Waals surface area contributed by atoms with Gasteiger partial charge in [-0.15, -0.1) is 16.4 Å². The van der Waals surface area contributed by atoms with Crippen LogP contribution in [0.1, 0.15) is 25.8 Å². The van der Waals surface area contributed by atoms with Crippen molar-refractivity contribution in [1.82, 2.24) is 14.9 Å². The van der Waals surface area contributed by atoms with Crippen molar-refractivity contribution >= 4 is 40.1 Å². The lowest BCUT2D eigenvalue weighted by atomic mass is 9.94. The van der Waals surface area contributed by atoms with Gasteiger partial charge in [0.2, 0.25) is 0 Å². The van der Waals surface area contributed by atoms with Crippen LogP contribution in [0.15, 0.2) is 34.3 Å². The molecule has 0 saturated carbocycles. The Kier molecular flexibility index (Phi) is 4.34. The Bertz CT molecular complexity index is 716. The van der Waals surface area contributed by atoms with E-state index in [4.69, 9.17) is 0 Å². The van der Waals surface area contributed by atoms with Gasteiger partial charge in [0.25, 0.3) is 5.91 Å². The van der Waals surface area contributed by atoms with Gasteiger partial charge >= 0.3 is 0 Å². The van der Waals surface area contributed by atoms with Gasteiger partial charge in [0.15, 0.2) is 0 Å². The second-order valence-corrected chi connectivity index (χ2v) is 7.20. The smallest absolute Gasteiger partial charge is 0.265 e. The molecule has 0 bridgehead atoms. The van der Waals surface area contributed by atoms with E-state index in [2.05, 4.69) is 14.9 Å². The molecule has 0 unspecified atom stereocenters. The Morgan fingerprint density at radius 1 is 1.41 bits per heavy atom. The largest absolute Gasteiger partial charge is 0.378 e. The molecule has 3 aromatic heterocycles. The van der Waals surface area contributed by atoms with Crippen LogP contribution in [-0.2, 0) is 5.60 Å². The summed E-state index contributed by atoms with van der Waals surface area (Å²) in [4.78, 5) is 13.5. The van der Waals surface area contributed by atoms with Gasteiger partial charge in [0.1, 0.15) is 10.5 Å². The average molecular weight is 351 g/mol. The van der Waals surface area contributed by atoms with Crippen molar-refractivity contribution in [3.63, 3.8) is 0 Å². The molecule has 0 aromatic carbocycles. The van der Waals surface area contributed by atoms with Crippen LogP contribution in [-0.4, -0.2) is 27.1 Å². The molecule has 5 nitrogen and oxygen atoms in total. The molecule has 2 N–H and O–H groups in total.